The number of ether oxygens (including phenoxy) is 1. The second-order valence-electron chi connectivity index (χ2n) is 8.64. The molecule has 0 spiro atoms. The molecular weight excluding hydrogens is 454 g/mol. The molecule has 1 atom stereocenters. The minimum absolute atomic E-state index is 0.269. The van der Waals surface area contributed by atoms with E-state index < -0.39 is 36.1 Å². The number of piperidine rings is 1. The van der Waals surface area contributed by atoms with Crippen LogP contribution in [0.5, 0.6) is 0 Å². The Labute approximate surface area is 194 Å². The van der Waals surface area contributed by atoms with Crippen molar-refractivity contribution in [2.24, 2.45) is 0 Å². The predicted octanol–water partition coefficient (Wildman–Crippen LogP) is 3.10. The van der Waals surface area contributed by atoms with Gasteiger partial charge in [0.25, 0.3) is 5.92 Å². The lowest BCUT2D eigenvalue weighted by Gasteiger charge is -2.38. The molecule has 3 heterocycles. The van der Waals surface area contributed by atoms with Crippen LogP contribution in [0.25, 0.3) is 11.4 Å². The van der Waals surface area contributed by atoms with Crippen LogP contribution >= 0.6 is 11.3 Å². The second-order valence-corrected chi connectivity index (χ2v) is 9.49. The van der Waals surface area contributed by atoms with Crippen molar-refractivity contribution in [1.29, 1.82) is 0 Å². The summed E-state index contributed by atoms with van der Waals surface area (Å²) in [5.74, 6) is -2.88. The van der Waals surface area contributed by atoms with Crippen molar-refractivity contribution in [1.82, 2.24) is 20.6 Å². The number of carbonyl (C=O) groups excluding carboxylic acids is 2. The first-order valence-electron chi connectivity index (χ1n) is 10.5. The van der Waals surface area contributed by atoms with Gasteiger partial charge in [0.1, 0.15) is 23.7 Å². The molecule has 0 radical (unpaired) electrons. The number of amides is 2. The highest BCUT2D eigenvalue weighted by Crippen LogP contribution is 2.31. The summed E-state index contributed by atoms with van der Waals surface area (Å²) in [6, 6.07) is 4.30. The van der Waals surface area contributed by atoms with Crippen LogP contribution in [0.15, 0.2) is 23.6 Å². The maximum absolute atomic E-state index is 14.3. The fourth-order valence-electron chi connectivity index (χ4n) is 3.31. The molecule has 3 N–H and O–H groups in total. The molecule has 3 rings (SSSR count). The SMILES string of the molecule is CN[C@@H]1CCN(c2cccc(-c3csc(NC(=O)CNC(=O)OC(C)(C)C)n3)n2)CC1(F)F. The average Bonchev–Trinajstić information content (AvgIpc) is 3.19. The van der Waals surface area contributed by atoms with Gasteiger partial charge in [0.05, 0.1) is 18.3 Å². The lowest BCUT2D eigenvalue weighted by Crippen LogP contribution is -2.56. The molecule has 0 saturated carbocycles. The Hall–Kier alpha value is -2.86. The third-order valence-corrected chi connectivity index (χ3v) is 5.57. The summed E-state index contributed by atoms with van der Waals surface area (Å²) in [7, 11) is 1.54. The second kappa shape index (κ2) is 9.96. The third-order valence-electron chi connectivity index (χ3n) is 4.81. The fourth-order valence-corrected chi connectivity index (χ4v) is 4.03. The van der Waals surface area contributed by atoms with E-state index in [1.807, 2.05) is 0 Å². The third kappa shape index (κ3) is 6.81. The maximum Gasteiger partial charge on any atom is 0.408 e. The fraction of sp³-hybridized carbons (Fsp3) is 0.524. The minimum atomic E-state index is -2.86. The predicted molar refractivity (Wildman–Crippen MR) is 123 cm³/mol. The van der Waals surface area contributed by atoms with Gasteiger partial charge in [-0.3, -0.25) is 4.79 Å². The van der Waals surface area contributed by atoms with Crippen molar-refractivity contribution in [3.05, 3.63) is 23.6 Å². The summed E-state index contributed by atoms with van der Waals surface area (Å²) in [6.07, 6.45) is -0.387. The van der Waals surface area contributed by atoms with Crippen LogP contribution in [-0.2, 0) is 9.53 Å². The first-order chi connectivity index (χ1) is 15.5. The Morgan fingerprint density at radius 3 is 2.70 bits per heavy atom. The standard InChI is InChI=1S/C21H28F2N6O3S/c1-20(2,3)32-19(31)25-10-17(30)28-18-27-14(11-33-18)13-6-5-7-16(26-13)29-9-8-15(24-4)21(22,23)12-29/h5-7,11,15,24H,8-10,12H2,1-4H3,(H,25,31)(H,27,28,30)/t15-/m1/s1. The van der Waals surface area contributed by atoms with Crippen molar-refractivity contribution < 1.29 is 23.1 Å². The van der Waals surface area contributed by atoms with E-state index in [1.54, 1.807) is 56.3 Å². The van der Waals surface area contributed by atoms with E-state index in [-0.39, 0.29) is 6.54 Å². The molecule has 1 aliphatic rings. The van der Waals surface area contributed by atoms with E-state index in [4.69, 9.17) is 4.74 Å². The van der Waals surface area contributed by atoms with Gasteiger partial charge in [-0.15, -0.1) is 11.3 Å². The number of nitrogens with zero attached hydrogens (tertiary/aromatic N) is 3. The van der Waals surface area contributed by atoms with E-state index in [0.717, 1.165) is 0 Å². The van der Waals surface area contributed by atoms with Crippen LogP contribution in [-0.4, -0.2) is 66.2 Å². The average molecular weight is 483 g/mol. The van der Waals surface area contributed by atoms with Gasteiger partial charge >= 0.3 is 6.09 Å². The number of anilines is 2. The first-order valence-corrected chi connectivity index (χ1v) is 11.3. The summed E-state index contributed by atoms with van der Waals surface area (Å²) in [4.78, 5) is 34.2. The number of pyridine rings is 1. The van der Waals surface area contributed by atoms with Gasteiger partial charge in [-0.25, -0.2) is 23.5 Å². The normalized spacial score (nSPS) is 18.0. The van der Waals surface area contributed by atoms with Gasteiger partial charge < -0.3 is 25.6 Å². The van der Waals surface area contributed by atoms with Gasteiger partial charge in [0.2, 0.25) is 5.91 Å². The molecule has 1 saturated heterocycles. The summed E-state index contributed by atoms with van der Waals surface area (Å²) in [6.45, 7) is 4.95. The number of nitrogens with one attached hydrogen (secondary N) is 3. The molecule has 0 unspecified atom stereocenters. The Bertz CT molecular complexity index is 994. The number of aromatic nitrogens is 2. The van der Waals surface area contributed by atoms with E-state index in [1.165, 1.54) is 11.3 Å². The van der Waals surface area contributed by atoms with Gasteiger partial charge in [0.15, 0.2) is 5.13 Å². The number of rotatable bonds is 6. The topological polar surface area (TPSA) is 108 Å². The maximum atomic E-state index is 14.3. The molecule has 2 aromatic heterocycles. The molecule has 2 aromatic rings. The van der Waals surface area contributed by atoms with Gasteiger partial charge in [-0.2, -0.15) is 0 Å². The zero-order chi connectivity index (χ0) is 24.2. The number of alkyl halides is 2. The Kier molecular flexibility index (Phi) is 7.48. The van der Waals surface area contributed by atoms with Crippen LogP contribution in [0.3, 0.4) is 0 Å². The molecule has 9 nitrogen and oxygen atoms in total. The monoisotopic (exact) mass is 482 g/mol. The molecule has 1 fully saturated rings. The lowest BCUT2D eigenvalue weighted by molar-refractivity contribution is -0.115. The van der Waals surface area contributed by atoms with Gasteiger partial charge in [-0.05, 0) is 46.4 Å². The zero-order valence-electron chi connectivity index (χ0n) is 18.9. The Balaban J connectivity index is 1.60. The van der Waals surface area contributed by atoms with E-state index in [0.29, 0.717) is 35.3 Å². The number of halogens is 2. The van der Waals surface area contributed by atoms with Crippen molar-refractivity contribution in [2.45, 2.75) is 44.8 Å². The summed E-state index contributed by atoms with van der Waals surface area (Å²) in [5.41, 5.74) is 0.356. The Morgan fingerprint density at radius 2 is 2.03 bits per heavy atom. The number of hydrogen-bond acceptors (Lipinski definition) is 8. The highest BCUT2D eigenvalue weighted by molar-refractivity contribution is 7.14. The molecule has 0 aromatic carbocycles. The van der Waals surface area contributed by atoms with Crippen LogP contribution in [0.4, 0.5) is 24.5 Å². The van der Waals surface area contributed by atoms with Crippen molar-refractivity contribution in [2.75, 3.05) is 36.9 Å². The van der Waals surface area contributed by atoms with Crippen LogP contribution < -0.4 is 20.9 Å². The highest BCUT2D eigenvalue weighted by Gasteiger charge is 2.44. The molecule has 0 bridgehead atoms. The van der Waals surface area contributed by atoms with E-state index in [9.17, 15) is 18.4 Å². The Morgan fingerprint density at radius 1 is 1.27 bits per heavy atom. The van der Waals surface area contributed by atoms with Crippen LogP contribution in [0.2, 0.25) is 0 Å². The van der Waals surface area contributed by atoms with Gasteiger partial charge in [-0.1, -0.05) is 6.07 Å². The zero-order valence-corrected chi connectivity index (χ0v) is 19.8. The molecule has 0 aliphatic carbocycles. The molecule has 2 amide bonds. The van der Waals surface area contributed by atoms with Crippen molar-refractivity contribution in [3.63, 3.8) is 0 Å². The smallest absolute Gasteiger partial charge is 0.408 e. The highest BCUT2D eigenvalue weighted by atomic mass is 32.1. The van der Waals surface area contributed by atoms with Crippen LogP contribution in [0.1, 0.15) is 27.2 Å². The largest absolute Gasteiger partial charge is 0.444 e. The molecule has 33 heavy (non-hydrogen) atoms. The molecule has 180 valence electrons. The first kappa shape index (κ1) is 24.8. The number of hydrogen-bond donors (Lipinski definition) is 3. The van der Waals surface area contributed by atoms with Crippen molar-refractivity contribution in [3.8, 4) is 11.4 Å². The summed E-state index contributed by atoms with van der Waals surface area (Å²) in [5, 5.41) is 9.70. The quantitative estimate of drug-likeness (QED) is 0.581. The number of alkyl carbamates (subject to hydrolysis) is 1. The van der Waals surface area contributed by atoms with Crippen molar-refractivity contribution >= 4 is 34.3 Å². The number of carbonyl (C=O) groups is 2. The summed E-state index contributed by atoms with van der Waals surface area (Å²) >= 11 is 1.19. The molecule has 1 aliphatic heterocycles. The molecule has 12 heteroatoms. The molecular formula is C21H28F2N6O3S. The lowest BCUT2D eigenvalue weighted by atomic mass is 10.0. The van der Waals surface area contributed by atoms with Crippen LogP contribution in [0, 0.1) is 0 Å². The summed E-state index contributed by atoms with van der Waals surface area (Å²) < 4.78 is 33.7. The van der Waals surface area contributed by atoms with E-state index in [2.05, 4.69) is 25.9 Å². The van der Waals surface area contributed by atoms with Gasteiger partial charge in [0, 0.05) is 11.9 Å². The van der Waals surface area contributed by atoms with E-state index >= 15 is 0 Å². The number of thiazole rings is 1. The minimum Gasteiger partial charge on any atom is -0.444 e.